The van der Waals surface area contributed by atoms with Crippen molar-refractivity contribution in [3.8, 4) is 5.75 Å². The first-order valence-electron chi connectivity index (χ1n) is 12.4. The molecular formula is C29H29N3O3. The lowest BCUT2D eigenvalue weighted by Gasteiger charge is -2.56. The Labute approximate surface area is 204 Å². The highest BCUT2D eigenvalue weighted by molar-refractivity contribution is 6.03. The van der Waals surface area contributed by atoms with Crippen molar-refractivity contribution in [2.75, 3.05) is 0 Å². The van der Waals surface area contributed by atoms with Gasteiger partial charge in [-0.05, 0) is 97.4 Å². The Hall–Kier alpha value is -3.67. The molecule has 4 aliphatic rings. The predicted molar refractivity (Wildman–Crippen MR) is 135 cm³/mol. The van der Waals surface area contributed by atoms with E-state index in [0.717, 1.165) is 47.8 Å². The first kappa shape index (κ1) is 21.8. The van der Waals surface area contributed by atoms with E-state index in [1.807, 2.05) is 30.3 Å². The average molecular weight is 468 g/mol. The van der Waals surface area contributed by atoms with Crippen LogP contribution in [0, 0.1) is 17.8 Å². The van der Waals surface area contributed by atoms with E-state index in [4.69, 9.17) is 0 Å². The molecule has 0 radical (unpaired) electrons. The Bertz CT molecular complexity index is 1290. The van der Waals surface area contributed by atoms with Crippen LogP contribution in [-0.4, -0.2) is 28.7 Å². The zero-order valence-electron chi connectivity index (χ0n) is 19.5. The molecule has 0 heterocycles. The maximum absolute atomic E-state index is 13.0. The summed E-state index contributed by atoms with van der Waals surface area (Å²) >= 11 is 0. The van der Waals surface area contributed by atoms with E-state index in [1.165, 1.54) is 25.5 Å². The van der Waals surface area contributed by atoms with E-state index >= 15 is 0 Å². The first-order chi connectivity index (χ1) is 17.0. The molecule has 35 heavy (non-hydrogen) atoms. The second-order valence-electron chi connectivity index (χ2n) is 10.6. The SMILES string of the molecule is O=C(N/N=C/c1c(O)ccc2ccccc12)c1ccc(C(=O)NC23CC4CC(CC(C4)C2)C3)cc1. The number of hydrazone groups is 1. The lowest BCUT2D eigenvalue weighted by Crippen LogP contribution is -2.59. The second kappa shape index (κ2) is 8.52. The van der Waals surface area contributed by atoms with Gasteiger partial charge in [-0.15, -0.1) is 0 Å². The molecular weight excluding hydrogens is 438 g/mol. The molecule has 2 amide bonds. The smallest absolute Gasteiger partial charge is 0.271 e. The standard InChI is InChI=1S/C29H29N3O3/c33-26-10-9-21-3-1-2-4-24(21)25(26)17-30-32-28(35)23-7-5-22(6-8-23)27(34)31-29-14-18-11-19(15-29)13-20(12-18)16-29/h1-10,17-20,33H,11-16H2,(H,31,34)(H,32,35)/b30-17+. The van der Waals surface area contributed by atoms with E-state index < -0.39 is 0 Å². The van der Waals surface area contributed by atoms with Crippen LogP contribution in [0.25, 0.3) is 10.8 Å². The molecule has 3 aromatic rings. The van der Waals surface area contributed by atoms with Gasteiger partial charge in [-0.1, -0.05) is 30.3 Å². The summed E-state index contributed by atoms with van der Waals surface area (Å²) < 4.78 is 0. The van der Waals surface area contributed by atoms with E-state index in [9.17, 15) is 14.7 Å². The number of benzene rings is 3. The van der Waals surface area contributed by atoms with Crippen LogP contribution in [0.5, 0.6) is 5.75 Å². The summed E-state index contributed by atoms with van der Waals surface area (Å²) in [5, 5.41) is 19.5. The molecule has 178 valence electrons. The molecule has 4 aliphatic carbocycles. The summed E-state index contributed by atoms with van der Waals surface area (Å²) in [7, 11) is 0. The van der Waals surface area contributed by atoms with Crippen LogP contribution in [0.2, 0.25) is 0 Å². The predicted octanol–water partition coefficient (Wildman–Crippen LogP) is 5.01. The van der Waals surface area contributed by atoms with Crippen LogP contribution >= 0.6 is 0 Å². The third-order valence-electron chi connectivity index (χ3n) is 8.13. The van der Waals surface area contributed by atoms with Crippen LogP contribution in [-0.2, 0) is 0 Å². The molecule has 0 aromatic heterocycles. The summed E-state index contributed by atoms with van der Waals surface area (Å²) in [6.07, 6.45) is 8.77. The number of nitrogens with zero attached hydrogens (tertiary/aromatic N) is 1. The second-order valence-corrected chi connectivity index (χ2v) is 10.6. The zero-order valence-corrected chi connectivity index (χ0v) is 19.5. The van der Waals surface area contributed by atoms with Gasteiger partial charge in [0.1, 0.15) is 5.75 Å². The number of carbonyl (C=O) groups excluding carboxylic acids is 2. The largest absolute Gasteiger partial charge is 0.507 e. The molecule has 4 saturated carbocycles. The summed E-state index contributed by atoms with van der Waals surface area (Å²) in [5.74, 6) is 1.96. The third-order valence-corrected chi connectivity index (χ3v) is 8.13. The van der Waals surface area contributed by atoms with Gasteiger partial charge in [0.05, 0.1) is 6.21 Å². The minimum absolute atomic E-state index is 0.0379. The maximum atomic E-state index is 13.0. The van der Waals surface area contributed by atoms with Crippen molar-refractivity contribution in [3.05, 3.63) is 77.4 Å². The highest BCUT2D eigenvalue weighted by atomic mass is 16.3. The fourth-order valence-electron chi connectivity index (χ4n) is 6.99. The summed E-state index contributed by atoms with van der Waals surface area (Å²) in [4.78, 5) is 25.6. The van der Waals surface area contributed by atoms with Crippen LogP contribution in [0.4, 0.5) is 0 Å². The Kier molecular flexibility index (Phi) is 5.32. The molecule has 3 N–H and O–H groups in total. The van der Waals surface area contributed by atoms with E-state index in [-0.39, 0.29) is 23.1 Å². The highest BCUT2D eigenvalue weighted by Gasteiger charge is 2.51. The molecule has 0 spiro atoms. The number of hydrogen-bond donors (Lipinski definition) is 3. The van der Waals surface area contributed by atoms with Gasteiger partial charge in [0, 0.05) is 22.2 Å². The molecule has 7 rings (SSSR count). The van der Waals surface area contributed by atoms with Crippen molar-refractivity contribution in [1.82, 2.24) is 10.7 Å². The molecule has 4 bridgehead atoms. The summed E-state index contributed by atoms with van der Waals surface area (Å²) in [6, 6.07) is 17.8. The maximum Gasteiger partial charge on any atom is 0.271 e. The topological polar surface area (TPSA) is 90.8 Å². The Morgan fingerprint density at radius 1 is 0.829 bits per heavy atom. The number of nitrogens with one attached hydrogen (secondary N) is 2. The molecule has 0 atom stereocenters. The van der Waals surface area contributed by atoms with Crippen LogP contribution < -0.4 is 10.7 Å². The lowest BCUT2D eigenvalue weighted by molar-refractivity contribution is -0.0167. The van der Waals surface area contributed by atoms with Crippen LogP contribution in [0.1, 0.15) is 64.8 Å². The minimum atomic E-state index is -0.381. The summed E-state index contributed by atoms with van der Waals surface area (Å²) in [6.45, 7) is 0. The van der Waals surface area contributed by atoms with Crippen LogP contribution in [0.3, 0.4) is 0 Å². The molecule has 0 saturated heterocycles. The molecule has 0 unspecified atom stereocenters. The highest BCUT2D eigenvalue weighted by Crippen LogP contribution is 2.55. The van der Waals surface area contributed by atoms with E-state index in [2.05, 4.69) is 15.8 Å². The van der Waals surface area contributed by atoms with Crippen molar-refractivity contribution in [2.24, 2.45) is 22.9 Å². The van der Waals surface area contributed by atoms with Crippen molar-refractivity contribution in [1.29, 1.82) is 0 Å². The van der Waals surface area contributed by atoms with E-state index in [1.54, 1.807) is 30.3 Å². The number of fused-ring (bicyclic) bond motifs is 1. The number of amides is 2. The quantitative estimate of drug-likeness (QED) is 0.364. The number of hydrogen-bond acceptors (Lipinski definition) is 4. The van der Waals surface area contributed by atoms with Gasteiger partial charge >= 0.3 is 0 Å². The molecule has 0 aliphatic heterocycles. The van der Waals surface area contributed by atoms with Crippen molar-refractivity contribution >= 4 is 28.8 Å². The lowest BCUT2D eigenvalue weighted by atomic mass is 9.53. The monoisotopic (exact) mass is 467 g/mol. The third kappa shape index (κ3) is 4.18. The number of phenolic OH excluding ortho intramolecular Hbond substituents is 1. The molecule has 6 nitrogen and oxygen atoms in total. The van der Waals surface area contributed by atoms with Crippen molar-refractivity contribution < 1.29 is 14.7 Å². The average Bonchev–Trinajstić information content (AvgIpc) is 2.84. The van der Waals surface area contributed by atoms with Gasteiger partial charge in [0.25, 0.3) is 11.8 Å². The van der Waals surface area contributed by atoms with Gasteiger partial charge in [0.2, 0.25) is 0 Å². The van der Waals surface area contributed by atoms with Gasteiger partial charge in [-0.25, -0.2) is 5.43 Å². The fourth-order valence-corrected chi connectivity index (χ4v) is 6.99. The Morgan fingerprint density at radius 2 is 1.43 bits per heavy atom. The molecule has 4 fully saturated rings. The number of carbonyl (C=O) groups is 2. The number of rotatable bonds is 5. The Morgan fingerprint density at radius 3 is 2.09 bits per heavy atom. The normalized spacial score (nSPS) is 26.8. The first-order valence-corrected chi connectivity index (χ1v) is 12.4. The number of phenols is 1. The minimum Gasteiger partial charge on any atom is -0.507 e. The van der Waals surface area contributed by atoms with Crippen molar-refractivity contribution in [2.45, 2.75) is 44.1 Å². The van der Waals surface area contributed by atoms with Gasteiger partial charge in [0.15, 0.2) is 0 Å². The molecule has 6 heteroatoms. The molecule has 3 aromatic carbocycles. The Balaban J connectivity index is 1.11. The van der Waals surface area contributed by atoms with Crippen molar-refractivity contribution in [3.63, 3.8) is 0 Å². The van der Waals surface area contributed by atoms with Gasteiger partial charge in [-0.2, -0.15) is 5.10 Å². The van der Waals surface area contributed by atoms with Gasteiger partial charge in [-0.3, -0.25) is 9.59 Å². The summed E-state index contributed by atoms with van der Waals surface area (Å²) in [5.41, 5.74) is 4.00. The fraction of sp³-hybridized carbons (Fsp3) is 0.345. The zero-order chi connectivity index (χ0) is 24.0. The number of aromatic hydroxyl groups is 1. The van der Waals surface area contributed by atoms with E-state index in [0.29, 0.717) is 16.7 Å². The van der Waals surface area contributed by atoms with Gasteiger partial charge < -0.3 is 10.4 Å². The van der Waals surface area contributed by atoms with Crippen LogP contribution in [0.15, 0.2) is 65.8 Å².